The Morgan fingerprint density at radius 1 is 1.25 bits per heavy atom. The van der Waals surface area contributed by atoms with E-state index in [4.69, 9.17) is 5.73 Å². The van der Waals surface area contributed by atoms with Crippen molar-refractivity contribution in [2.75, 3.05) is 12.3 Å². The van der Waals surface area contributed by atoms with Crippen LogP contribution in [0.1, 0.15) is 30.4 Å². The summed E-state index contributed by atoms with van der Waals surface area (Å²) in [6.45, 7) is 4.06. The van der Waals surface area contributed by atoms with Crippen LogP contribution in [0.4, 0.5) is 5.69 Å². The molecule has 0 spiro atoms. The van der Waals surface area contributed by atoms with Gasteiger partial charge in [-0.1, -0.05) is 24.3 Å². The van der Waals surface area contributed by atoms with Crippen molar-refractivity contribution in [3.05, 3.63) is 35.4 Å². The third-order valence-electron chi connectivity index (χ3n) is 3.82. The second-order valence-corrected chi connectivity index (χ2v) is 7.15. The number of allylic oxidation sites excluding steroid dienone is 2. The summed E-state index contributed by atoms with van der Waals surface area (Å²) in [5, 5.41) is 0. The summed E-state index contributed by atoms with van der Waals surface area (Å²) in [6, 6.07) is 3.64. The van der Waals surface area contributed by atoms with E-state index in [1.807, 2.05) is 13.0 Å². The maximum Gasteiger partial charge on any atom is 0.242 e. The minimum Gasteiger partial charge on any atom is -0.397 e. The summed E-state index contributed by atoms with van der Waals surface area (Å²) < 4.78 is 27.6. The van der Waals surface area contributed by atoms with Gasteiger partial charge in [0.25, 0.3) is 0 Å². The molecule has 1 atom stereocenters. The highest BCUT2D eigenvalue weighted by molar-refractivity contribution is 7.89. The van der Waals surface area contributed by atoms with E-state index in [1.165, 1.54) is 0 Å². The van der Waals surface area contributed by atoms with Crippen molar-refractivity contribution in [3.8, 4) is 0 Å². The van der Waals surface area contributed by atoms with E-state index in [2.05, 4.69) is 16.9 Å². The van der Waals surface area contributed by atoms with Gasteiger partial charge in [0.05, 0.1) is 5.69 Å². The lowest BCUT2D eigenvalue weighted by atomic mass is 9.95. The van der Waals surface area contributed by atoms with Crippen LogP contribution in [0.5, 0.6) is 0 Å². The first-order valence-corrected chi connectivity index (χ1v) is 8.40. The molecule has 0 amide bonds. The van der Waals surface area contributed by atoms with E-state index in [9.17, 15) is 8.42 Å². The van der Waals surface area contributed by atoms with Crippen LogP contribution in [0, 0.1) is 19.8 Å². The first-order chi connectivity index (χ1) is 9.42. The molecular weight excluding hydrogens is 272 g/mol. The van der Waals surface area contributed by atoms with Crippen molar-refractivity contribution in [1.82, 2.24) is 4.72 Å². The summed E-state index contributed by atoms with van der Waals surface area (Å²) in [5.41, 5.74) is 7.77. The van der Waals surface area contributed by atoms with Crippen LogP contribution in [-0.4, -0.2) is 15.0 Å². The lowest BCUT2D eigenvalue weighted by Gasteiger charge is -2.19. The molecule has 0 saturated carbocycles. The molecule has 1 aromatic carbocycles. The minimum absolute atomic E-state index is 0.226. The van der Waals surface area contributed by atoms with Gasteiger partial charge in [-0.2, -0.15) is 0 Å². The number of nitrogens with two attached hydrogens (primary N) is 1. The normalized spacial score (nSPS) is 19.2. The SMILES string of the molecule is Cc1ccc(C)c(S(=O)(=O)NCC2CC=CCC2)c1N. The maximum absolute atomic E-state index is 12.5. The molecule has 20 heavy (non-hydrogen) atoms. The highest BCUT2D eigenvalue weighted by atomic mass is 32.2. The molecule has 5 heteroatoms. The molecule has 4 nitrogen and oxygen atoms in total. The van der Waals surface area contributed by atoms with Crippen LogP contribution in [0.15, 0.2) is 29.2 Å². The van der Waals surface area contributed by atoms with Gasteiger partial charge in [-0.15, -0.1) is 0 Å². The van der Waals surface area contributed by atoms with Crippen LogP contribution >= 0.6 is 0 Å². The van der Waals surface area contributed by atoms with E-state index in [1.54, 1.807) is 13.0 Å². The van der Waals surface area contributed by atoms with Crippen LogP contribution < -0.4 is 10.5 Å². The summed E-state index contributed by atoms with van der Waals surface area (Å²) >= 11 is 0. The van der Waals surface area contributed by atoms with Crippen LogP contribution in [0.25, 0.3) is 0 Å². The van der Waals surface area contributed by atoms with Crippen LogP contribution in [0.3, 0.4) is 0 Å². The second kappa shape index (κ2) is 5.97. The van der Waals surface area contributed by atoms with Gasteiger partial charge in [0.2, 0.25) is 10.0 Å². The Morgan fingerprint density at radius 3 is 2.60 bits per heavy atom. The Bertz CT molecular complexity index is 621. The number of hydrogen-bond acceptors (Lipinski definition) is 3. The Labute approximate surface area is 121 Å². The number of anilines is 1. The third kappa shape index (κ3) is 3.22. The molecule has 2 rings (SSSR count). The van der Waals surface area contributed by atoms with Gasteiger partial charge in [-0.25, -0.2) is 13.1 Å². The molecule has 110 valence electrons. The maximum atomic E-state index is 12.5. The molecule has 0 bridgehead atoms. The Kier molecular flexibility index (Phi) is 4.50. The van der Waals surface area contributed by atoms with E-state index in [0.717, 1.165) is 24.8 Å². The quantitative estimate of drug-likeness (QED) is 0.662. The topological polar surface area (TPSA) is 72.2 Å². The number of hydrogen-bond donors (Lipinski definition) is 2. The molecule has 1 aliphatic carbocycles. The molecule has 1 unspecified atom stereocenters. The Hall–Kier alpha value is -1.33. The fourth-order valence-corrected chi connectivity index (χ4v) is 4.05. The van der Waals surface area contributed by atoms with Crippen molar-refractivity contribution < 1.29 is 8.42 Å². The molecule has 0 radical (unpaired) electrons. The molecular formula is C15H22N2O2S. The zero-order valence-corrected chi connectivity index (χ0v) is 12.8. The molecule has 0 saturated heterocycles. The number of benzene rings is 1. The van der Waals surface area contributed by atoms with Gasteiger partial charge in [0.15, 0.2) is 0 Å². The first-order valence-electron chi connectivity index (χ1n) is 6.92. The summed E-state index contributed by atoms with van der Waals surface area (Å²) in [4.78, 5) is 0.226. The van der Waals surface area contributed by atoms with E-state index < -0.39 is 10.0 Å². The van der Waals surface area contributed by atoms with E-state index in [-0.39, 0.29) is 4.90 Å². The van der Waals surface area contributed by atoms with Crippen molar-refractivity contribution in [2.45, 2.75) is 38.0 Å². The largest absolute Gasteiger partial charge is 0.397 e. The van der Waals surface area contributed by atoms with Gasteiger partial charge in [0, 0.05) is 6.54 Å². The third-order valence-corrected chi connectivity index (χ3v) is 5.45. The zero-order valence-electron chi connectivity index (χ0n) is 12.0. The van der Waals surface area contributed by atoms with Gasteiger partial charge in [0.1, 0.15) is 4.90 Å². The second-order valence-electron chi connectivity index (χ2n) is 5.44. The van der Waals surface area contributed by atoms with Crippen molar-refractivity contribution >= 4 is 15.7 Å². The van der Waals surface area contributed by atoms with Gasteiger partial charge in [-0.05, 0) is 50.2 Å². The van der Waals surface area contributed by atoms with Crippen LogP contribution in [0.2, 0.25) is 0 Å². The molecule has 0 fully saturated rings. The van der Waals surface area contributed by atoms with Crippen molar-refractivity contribution in [1.29, 1.82) is 0 Å². The van der Waals surface area contributed by atoms with Crippen molar-refractivity contribution in [2.24, 2.45) is 5.92 Å². The number of aryl methyl sites for hydroxylation is 2. The van der Waals surface area contributed by atoms with Gasteiger partial charge in [-0.3, -0.25) is 0 Å². The number of nitrogen functional groups attached to an aromatic ring is 1. The van der Waals surface area contributed by atoms with E-state index >= 15 is 0 Å². The molecule has 0 heterocycles. The van der Waals surface area contributed by atoms with Crippen molar-refractivity contribution in [3.63, 3.8) is 0 Å². The monoisotopic (exact) mass is 294 g/mol. The fourth-order valence-electron chi connectivity index (χ4n) is 2.51. The average molecular weight is 294 g/mol. The summed E-state index contributed by atoms with van der Waals surface area (Å²) in [5.74, 6) is 0.376. The predicted molar refractivity (Wildman–Crippen MR) is 82.0 cm³/mol. The fraction of sp³-hybridized carbons (Fsp3) is 0.467. The summed E-state index contributed by atoms with van der Waals surface area (Å²) in [6.07, 6.45) is 7.26. The van der Waals surface area contributed by atoms with Crippen LogP contribution in [-0.2, 0) is 10.0 Å². The first kappa shape index (κ1) is 15.1. The highest BCUT2D eigenvalue weighted by Gasteiger charge is 2.22. The smallest absolute Gasteiger partial charge is 0.242 e. The van der Waals surface area contributed by atoms with Gasteiger partial charge < -0.3 is 5.73 Å². The average Bonchev–Trinajstić information content (AvgIpc) is 2.42. The Balaban J connectivity index is 2.18. The highest BCUT2D eigenvalue weighted by Crippen LogP contribution is 2.26. The predicted octanol–water partition coefficient (Wildman–Crippen LogP) is 2.52. The van der Waals surface area contributed by atoms with Gasteiger partial charge >= 0.3 is 0 Å². The minimum atomic E-state index is -3.54. The van der Waals surface area contributed by atoms with E-state index in [0.29, 0.717) is 23.7 Å². The number of rotatable bonds is 4. The molecule has 3 N–H and O–H groups in total. The lowest BCUT2D eigenvalue weighted by molar-refractivity contribution is 0.468. The molecule has 0 aromatic heterocycles. The standard InChI is InChI=1S/C15H22N2O2S/c1-11-8-9-12(2)15(14(11)16)20(18,19)17-10-13-6-4-3-5-7-13/h3-4,8-9,13,17H,5-7,10,16H2,1-2H3. The molecule has 0 aliphatic heterocycles. The number of nitrogens with one attached hydrogen (secondary N) is 1. The number of sulfonamides is 1. The Morgan fingerprint density at radius 2 is 1.95 bits per heavy atom. The lowest BCUT2D eigenvalue weighted by Crippen LogP contribution is -2.31. The summed E-state index contributed by atoms with van der Waals surface area (Å²) in [7, 11) is -3.54. The zero-order chi connectivity index (χ0) is 14.8. The molecule has 1 aromatic rings. The molecule has 1 aliphatic rings.